The first-order valence-corrected chi connectivity index (χ1v) is 6.39. The predicted octanol–water partition coefficient (Wildman–Crippen LogP) is -1.62. The maximum absolute atomic E-state index is 11.8. The summed E-state index contributed by atoms with van der Waals surface area (Å²) in [7, 11) is 0. The molecule has 0 spiro atoms. The smallest absolute Gasteiger partial charge is 0.328 e. The summed E-state index contributed by atoms with van der Waals surface area (Å²) in [6, 6.07) is -1.15. The summed E-state index contributed by atoms with van der Waals surface area (Å²) in [6.07, 6.45) is 3.30. The second kappa shape index (κ2) is 6.44. The van der Waals surface area contributed by atoms with E-state index in [4.69, 9.17) is 10.2 Å². The molecule has 1 saturated heterocycles. The van der Waals surface area contributed by atoms with Crippen molar-refractivity contribution < 1.29 is 19.8 Å². The average molecular weight is 283 g/mol. The molecule has 0 aliphatic carbocycles. The number of aromatic nitrogens is 3. The Bertz CT molecular complexity index is 483. The van der Waals surface area contributed by atoms with Gasteiger partial charge in [-0.2, -0.15) is 0 Å². The number of aliphatic carboxylic acids is 1. The Labute approximate surface area is 115 Å². The molecule has 1 aliphatic heterocycles. The number of amides is 1. The molecular formula is C11H17N5O4. The number of nitrogens with one attached hydrogen (secondary N) is 2. The lowest BCUT2D eigenvalue weighted by Crippen LogP contribution is -2.43. The van der Waals surface area contributed by atoms with Gasteiger partial charge in [-0.15, -0.1) is 5.10 Å². The number of carbonyl (C=O) groups excluding carboxylic acids is 1. The van der Waals surface area contributed by atoms with E-state index < -0.39 is 24.5 Å². The molecule has 2 rings (SSSR count). The maximum atomic E-state index is 11.8. The number of hydrogen-bond donors (Lipinski definition) is 4. The van der Waals surface area contributed by atoms with E-state index in [0.717, 1.165) is 25.9 Å². The molecule has 1 amide bonds. The molecule has 110 valence electrons. The van der Waals surface area contributed by atoms with Gasteiger partial charge in [-0.1, -0.05) is 5.21 Å². The number of rotatable bonds is 5. The molecule has 0 saturated carbocycles. The molecule has 1 atom stereocenters. The first-order chi connectivity index (χ1) is 9.61. The molecule has 9 nitrogen and oxygen atoms in total. The Morgan fingerprint density at radius 1 is 1.50 bits per heavy atom. The van der Waals surface area contributed by atoms with Crippen LogP contribution in [0.4, 0.5) is 0 Å². The summed E-state index contributed by atoms with van der Waals surface area (Å²) < 4.78 is 1.63. The Kier molecular flexibility index (Phi) is 4.64. The molecule has 1 aliphatic rings. The minimum absolute atomic E-state index is 0.0447. The Morgan fingerprint density at radius 2 is 2.20 bits per heavy atom. The van der Waals surface area contributed by atoms with Crippen molar-refractivity contribution in [2.75, 3.05) is 19.7 Å². The van der Waals surface area contributed by atoms with Crippen molar-refractivity contribution in [2.45, 2.75) is 24.9 Å². The zero-order valence-electron chi connectivity index (χ0n) is 10.8. The van der Waals surface area contributed by atoms with Crippen molar-refractivity contribution in [1.82, 2.24) is 25.6 Å². The van der Waals surface area contributed by atoms with Crippen molar-refractivity contribution in [3.63, 3.8) is 0 Å². The van der Waals surface area contributed by atoms with Crippen LogP contribution in [0.25, 0.3) is 0 Å². The maximum Gasteiger partial charge on any atom is 0.328 e. The number of nitrogens with zero attached hydrogens (tertiary/aromatic N) is 3. The van der Waals surface area contributed by atoms with Gasteiger partial charge in [0.25, 0.3) is 5.91 Å². The lowest BCUT2D eigenvalue weighted by molar-refractivity contribution is -0.140. The van der Waals surface area contributed by atoms with Crippen LogP contribution in [0.1, 0.15) is 29.4 Å². The van der Waals surface area contributed by atoms with Crippen molar-refractivity contribution in [2.24, 2.45) is 0 Å². The van der Waals surface area contributed by atoms with Gasteiger partial charge < -0.3 is 20.8 Å². The molecule has 1 aromatic rings. The van der Waals surface area contributed by atoms with E-state index in [1.54, 1.807) is 4.68 Å². The van der Waals surface area contributed by atoms with E-state index in [1.165, 1.54) is 6.20 Å². The fourth-order valence-corrected chi connectivity index (χ4v) is 2.05. The van der Waals surface area contributed by atoms with Gasteiger partial charge in [0.05, 0.1) is 18.8 Å². The minimum atomic E-state index is -1.34. The SMILES string of the molecule is O=C(N[C@H](CO)C(=O)O)c1cn(C2CCNCC2)nn1. The van der Waals surface area contributed by atoms with E-state index in [9.17, 15) is 9.59 Å². The molecule has 1 fully saturated rings. The molecule has 9 heteroatoms. The molecule has 20 heavy (non-hydrogen) atoms. The lowest BCUT2D eigenvalue weighted by Gasteiger charge is -2.22. The Hall–Kier alpha value is -2.00. The average Bonchev–Trinajstić information content (AvgIpc) is 2.95. The van der Waals surface area contributed by atoms with Gasteiger partial charge in [-0.25, -0.2) is 9.48 Å². The zero-order chi connectivity index (χ0) is 14.5. The van der Waals surface area contributed by atoms with Crippen molar-refractivity contribution in [1.29, 1.82) is 0 Å². The number of piperidine rings is 1. The van der Waals surface area contributed by atoms with Crippen LogP contribution in [-0.4, -0.2) is 62.8 Å². The fraction of sp³-hybridized carbons (Fsp3) is 0.636. The van der Waals surface area contributed by atoms with Crippen LogP contribution in [0.2, 0.25) is 0 Å². The third-order valence-corrected chi connectivity index (χ3v) is 3.21. The zero-order valence-corrected chi connectivity index (χ0v) is 10.8. The molecular weight excluding hydrogens is 266 g/mol. The first-order valence-electron chi connectivity index (χ1n) is 6.39. The number of carboxylic acids is 1. The van der Waals surface area contributed by atoms with Gasteiger partial charge >= 0.3 is 5.97 Å². The van der Waals surface area contributed by atoms with Crippen LogP contribution in [0.5, 0.6) is 0 Å². The predicted molar refractivity (Wildman–Crippen MR) is 67.1 cm³/mol. The summed E-state index contributed by atoms with van der Waals surface area (Å²) in [5.74, 6) is -1.96. The summed E-state index contributed by atoms with van der Waals surface area (Å²) in [6.45, 7) is 1.10. The monoisotopic (exact) mass is 283 g/mol. The van der Waals surface area contributed by atoms with Gasteiger partial charge in [0.15, 0.2) is 11.7 Å². The highest BCUT2D eigenvalue weighted by Crippen LogP contribution is 2.16. The van der Waals surface area contributed by atoms with E-state index in [-0.39, 0.29) is 11.7 Å². The summed E-state index contributed by atoms with van der Waals surface area (Å²) in [5, 5.41) is 30.7. The highest BCUT2D eigenvalue weighted by Gasteiger charge is 2.23. The third kappa shape index (κ3) is 3.31. The minimum Gasteiger partial charge on any atom is -0.480 e. The van der Waals surface area contributed by atoms with Crippen LogP contribution in [-0.2, 0) is 4.79 Å². The normalized spacial score (nSPS) is 17.6. The van der Waals surface area contributed by atoms with Gasteiger partial charge in [0.1, 0.15) is 0 Å². The van der Waals surface area contributed by atoms with E-state index >= 15 is 0 Å². The highest BCUT2D eigenvalue weighted by molar-refractivity contribution is 5.94. The Balaban J connectivity index is 2.00. The quantitative estimate of drug-likeness (QED) is 0.511. The van der Waals surface area contributed by atoms with Crippen molar-refractivity contribution in [3.8, 4) is 0 Å². The van der Waals surface area contributed by atoms with Crippen molar-refractivity contribution >= 4 is 11.9 Å². The summed E-state index contributed by atoms with van der Waals surface area (Å²) in [4.78, 5) is 22.5. The van der Waals surface area contributed by atoms with Gasteiger partial charge in [-0.3, -0.25) is 4.79 Å². The molecule has 0 radical (unpaired) electrons. The van der Waals surface area contributed by atoms with E-state index in [0.29, 0.717) is 0 Å². The number of carbonyl (C=O) groups is 2. The lowest BCUT2D eigenvalue weighted by atomic mass is 10.1. The van der Waals surface area contributed by atoms with E-state index in [1.807, 2.05) is 0 Å². The second-order valence-electron chi connectivity index (χ2n) is 4.61. The fourth-order valence-electron chi connectivity index (χ4n) is 2.05. The van der Waals surface area contributed by atoms with Crippen LogP contribution in [0.15, 0.2) is 6.20 Å². The van der Waals surface area contributed by atoms with E-state index in [2.05, 4.69) is 20.9 Å². The third-order valence-electron chi connectivity index (χ3n) is 3.21. The highest BCUT2D eigenvalue weighted by atomic mass is 16.4. The molecule has 4 N–H and O–H groups in total. The number of carboxylic acid groups (broad SMARTS) is 1. The van der Waals surface area contributed by atoms with Gasteiger partial charge in [-0.05, 0) is 25.9 Å². The summed E-state index contributed by atoms with van der Waals surface area (Å²) >= 11 is 0. The molecule has 2 heterocycles. The standard InChI is InChI=1S/C11H17N5O4/c17-6-9(11(19)20)13-10(18)8-5-16(15-14-8)7-1-3-12-4-2-7/h5,7,9,12,17H,1-4,6H2,(H,13,18)(H,19,20)/t9-/m1/s1. The topological polar surface area (TPSA) is 129 Å². The largest absolute Gasteiger partial charge is 0.480 e. The number of aliphatic hydroxyl groups is 1. The molecule has 0 unspecified atom stereocenters. The van der Waals surface area contributed by atoms with Crippen LogP contribution in [0.3, 0.4) is 0 Å². The molecule has 1 aromatic heterocycles. The van der Waals surface area contributed by atoms with Crippen LogP contribution < -0.4 is 10.6 Å². The second-order valence-corrected chi connectivity index (χ2v) is 4.61. The number of hydrogen-bond acceptors (Lipinski definition) is 6. The van der Waals surface area contributed by atoms with Crippen molar-refractivity contribution in [3.05, 3.63) is 11.9 Å². The summed E-state index contributed by atoms with van der Waals surface area (Å²) in [5.41, 5.74) is 0.0447. The van der Waals surface area contributed by atoms with Crippen LogP contribution in [0, 0.1) is 0 Å². The molecule has 0 bridgehead atoms. The number of aliphatic hydroxyl groups excluding tert-OH is 1. The van der Waals surface area contributed by atoms with Gasteiger partial charge in [0, 0.05) is 0 Å². The Morgan fingerprint density at radius 3 is 2.80 bits per heavy atom. The first kappa shape index (κ1) is 14.4. The molecule has 0 aromatic carbocycles. The van der Waals surface area contributed by atoms with Crippen LogP contribution >= 0.6 is 0 Å². The van der Waals surface area contributed by atoms with Gasteiger partial charge in [0.2, 0.25) is 0 Å².